The van der Waals surface area contributed by atoms with Gasteiger partial charge < -0.3 is 11.1 Å². The number of halogens is 1. The summed E-state index contributed by atoms with van der Waals surface area (Å²) in [4.78, 5) is 11.7. The Bertz CT molecular complexity index is 474. The van der Waals surface area contributed by atoms with Crippen molar-refractivity contribution in [1.82, 2.24) is 0 Å². The molecule has 3 nitrogen and oxygen atoms in total. The summed E-state index contributed by atoms with van der Waals surface area (Å²) >= 11 is 5.90. The Morgan fingerprint density at radius 3 is 2.94 bits per heavy atom. The van der Waals surface area contributed by atoms with Crippen LogP contribution in [0, 0.1) is 11.8 Å². The number of carbonyl (C=O) groups is 1. The van der Waals surface area contributed by atoms with E-state index in [2.05, 4.69) is 17.2 Å². The summed E-state index contributed by atoms with van der Waals surface area (Å²) in [7, 11) is 0. The van der Waals surface area contributed by atoms with Crippen molar-refractivity contribution in [2.24, 2.45) is 5.73 Å². The fourth-order valence-electron chi connectivity index (χ4n) is 1.43. The van der Waals surface area contributed by atoms with Crippen molar-refractivity contribution in [1.29, 1.82) is 0 Å². The van der Waals surface area contributed by atoms with Crippen LogP contribution in [0.15, 0.2) is 18.2 Å². The minimum Gasteiger partial charge on any atom is -0.325 e. The van der Waals surface area contributed by atoms with Crippen molar-refractivity contribution >= 4 is 23.2 Å². The van der Waals surface area contributed by atoms with Gasteiger partial charge in [-0.2, -0.15) is 0 Å². The van der Waals surface area contributed by atoms with Crippen molar-refractivity contribution in [3.8, 4) is 11.8 Å². The third-order valence-corrected chi connectivity index (χ3v) is 2.57. The summed E-state index contributed by atoms with van der Waals surface area (Å²) in [6.45, 7) is 2.32. The molecular formula is C14H17ClN2O. The first kappa shape index (κ1) is 14.6. The maximum Gasteiger partial charge on any atom is 0.224 e. The molecule has 3 N–H and O–H groups in total. The minimum atomic E-state index is -0.00466. The van der Waals surface area contributed by atoms with Crippen LogP contribution in [-0.2, 0) is 4.79 Å². The largest absolute Gasteiger partial charge is 0.325 e. The van der Waals surface area contributed by atoms with Gasteiger partial charge in [0.2, 0.25) is 5.91 Å². The van der Waals surface area contributed by atoms with E-state index < -0.39 is 0 Å². The smallest absolute Gasteiger partial charge is 0.224 e. The quantitative estimate of drug-likeness (QED) is 0.822. The number of rotatable bonds is 4. The van der Waals surface area contributed by atoms with Crippen LogP contribution in [0.2, 0.25) is 5.02 Å². The molecule has 0 spiro atoms. The zero-order valence-electron chi connectivity index (χ0n) is 10.4. The summed E-state index contributed by atoms with van der Waals surface area (Å²) in [5.74, 6) is 5.65. The predicted molar refractivity (Wildman–Crippen MR) is 75.5 cm³/mol. The highest BCUT2D eigenvalue weighted by Crippen LogP contribution is 2.20. The maximum atomic E-state index is 11.7. The average molecular weight is 265 g/mol. The topological polar surface area (TPSA) is 55.1 Å². The molecule has 96 valence electrons. The molecular weight excluding hydrogens is 248 g/mol. The van der Waals surface area contributed by atoms with Gasteiger partial charge in [0.1, 0.15) is 0 Å². The number of anilines is 1. The monoisotopic (exact) mass is 264 g/mol. The summed E-state index contributed by atoms with van der Waals surface area (Å²) in [6.07, 6.45) is 2.39. The lowest BCUT2D eigenvalue weighted by Gasteiger charge is -2.07. The highest BCUT2D eigenvalue weighted by atomic mass is 35.5. The van der Waals surface area contributed by atoms with Crippen molar-refractivity contribution < 1.29 is 4.79 Å². The van der Waals surface area contributed by atoms with Crippen LogP contribution in [0.3, 0.4) is 0 Å². The molecule has 18 heavy (non-hydrogen) atoms. The highest BCUT2D eigenvalue weighted by molar-refractivity contribution is 6.30. The molecule has 4 heteroatoms. The molecule has 0 unspecified atom stereocenters. The molecule has 1 aromatic rings. The molecule has 0 radical (unpaired) electrons. The van der Waals surface area contributed by atoms with Gasteiger partial charge in [0, 0.05) is 17.0 Å². The fraction of sp³-hybridized carbons (Fsp3) is 0.357. The number of carbonyl (C=O) groups excluding carboxylic acids is 1. The zero-order valence-corrected chi connectivity index (χ0v) is 11.2. The Kier molecular flexibility index (Phi) is 6.27. The summed E-state index contributed by atoms with van der Waals surface area (Å²) in [6, 6.07) is 5.21. The van der Waals surface area contributed by atoms with Gasteiger partial charge in [-0.05, 0) is 24.6 Å². The van der Waals surface area contributed by atoms with Crippen molar-refractivity contribution in [2.75, 3.05) is 11.9 Å². The van der Waals surface area contributed by atoms with Crippen LogP contribution in [0.25, 0.3) is 0 Å². The Balaban J connectivity index is 2.84. The first-order chi connectivity index (χ1) is 8.67. The number of hydrogen-bond acceptors (Lipinski definition) is 2. The number of nitrogens with one attached hydrogen (secondary N) is 1. The third-order valence-electron chi connectivity index (χ3n) is 2.34. The number of amides is 1. The molecule has 0 saturated carbocycles. The number of nitrogens with two attached hydrogens (primary N) is 1. The van der Waals surface area contributed by atoms with Gasteiger partial charge in [0.05, 0.1) is 12.2 Å². The van der Waals surface area contributed by atoms with E-state index in [9.17, 15) is 4.79 Å². The second-order valence-electron chi connectivity index (χ2n) is 3.85. The van der Waals surface area contributed by atoms with Crippen molar-refractivity contribution in [2.45, 2.75) is 26.2 Å². The van der Waals surface area contributed by atoms with Gasteiger partial charge in [0.25, 0.3) is 0 Å². The molecule has 0 aliphatic rings. The van der Waals surface area contributed by atoms with E-state index >= 15 is 0 Å². The van der Waals surface area contributed by atoms with Gasteiger partial charge in [-0.1, -0.05) is 36.8 Å². The lowest BCUT2D eigenvalue weighted by Crippen LogP contribution is -2.12. The number of benzene rings is 1. The molecule has 0 heterocycles. The molecule has 0 bridgehead atoms. The van der Waals surface area contributed by atoms with Gasteiger partial charge in [-0.25, -0.2) is 0 Å². The predicted octanol–water partition coefficient (Wildman–Crippen LogP) is 2.78. The Hall–Kier alpha value is -1.50. The van der Waals surface area contributed by atoms with E-state index in [-0.39, 0.29) is 12.5 Å². The van der Waals surface area contributed by atoms with Gasteiger partial charge in [0.15, 0.2) is 0 Å². The zero-order chi connectivity index (χ0) is 13.4. The first-order valence-electron chi connectivity index (χ1n) is 5.95. The molecule has 0 fully saturated rings. The lowest BCUT2D eigenvalue weighted by atomic mass is 10.1. The van der Waals surface area contributed by atoms with Gasteiger partial charge >= 0.3 is 0 Å². The summed E-state index contributed by atoms with van der Waals surface area (Å²) < 4.78 is 0. The third kappa shape index (κ3) is 4.79. The molecule has 1 aromatic carbocycles. The normalized spacial score (nSPS) is 9.50. The van der Waals surface area contributed by atoms with E-state index in [4.69, 9.17) is 17.3 Å². The van der Waals surface area contributed by atoms with E-state index in [1.807, 2.05) is 6.92 Å². The molecule has 0 atom stereocenters. The van der Waals surface area contributed by atoms with Crippen LogP contribution in [0.4, 0.5) is 5.69 Å². The Morgan fingerprint density at radius 2 is 2.28 bits per heavy atom. The van der Waals surface area contributed by atoms with Crippen LogP contribution in [-0.4, -0.2) is 12.5 Å². The second kappa shape index (κ2) is 7.75. The van der Waals surface area contributed by atoms with Crippen molar-refractivity contribution in [3.63, 3.8) is 0 Å². The Morgan fingerprint density at radius 1 is 1.50 bits per heavy atom. The molecule has 0 aliphatic carbocycles. The first-order valence-corrected chi connectivity index (χ1v) is 6.33. The van der Waals surface area contributed by atoms with Crippen molar-refractivity contribution in [3.05, 3.63) is 28.8 Å². The van der Waals surface area contributed by atoms with E-state index in [0.717, 1.165) is 12.8 Å². The fourth-order valence-corrected chi connectivity index (χ4v) is 1.60. The number of hydrogen-bond donors (Lipinski definition) is 2. The second-order valence-corrected chi connectivity index (χ2v) is 4.28. The molecule has 1 rings (SSSR count). The molecule has 1 amide bonds. The highest BCUT2D eigenvalue weighted by Gasteiger charge is 2.05. The van der Waals surface area contributed by atoms with E-state index in [1.165, 1.54) is 0 Å². The molecule has 0 aromatic heterocycles. The Labute approximate surface area is 113 Å². The lowest BCUT2D eigenvalue weighted by molar-refractivity contribution is -0.116. The molecule has 0 saturated heterocycles. The van der Waals surface area contributed by atoms with Gasteiger partial charge in [-0.3, -0.25) is 4.79 Å². The standard InChI is InChI=1S/C14H17ClN2O/c1-2-3-6-14(18)17-13-8-7-12(15)10-11(13)5-4-9-16/h7-8,10H,2-3,6,9,16H2,1H3,(H,17,18). The van der Waals surface area contributed by atoms with Crippen LogP contribution in [0.5, 0.6) is 0 Å². The average Bonchev–Trinajstić information content (AvgIpc) is 2.36. The van der Waals surface area contributed by atoms with E-state index in [1.54, 1.807) is 18.2 Å². The van der Waals surface area contributed by atoms with E-state index in [0.29, 0.717) is 22.7 Å². The van der Waals surface area contributed by atoms with Crippen LogP contribution < -0.4 is 11.1 Å². The van der Waals surface area contributed by atoms with Crippen LogP contribution >= 0.6 is 11.6 Å². The SMILES string of the molecule is CCCCC(=O)Nc1ccc(Cl)cc1C#CCN. The van der Waals surface area contributed by atoms with Gasteiger partial charge in [-0.15, -0.1) is 0 Å². The van der Waals surface area contributed by atoms with Crippen LogP contribution in [0.1, 0.15) is 31.7 Å². The maximum absolute atomic E-state index is 11.7. The molecule has 0 aliphatic heterocycles. The minimum absolute atomic E-state index is 0.00466. The summed E-state index contributed by atoms with van der Waals surface area (Å²) in [5, 5.41) is 3.43. The summed E-state index contributed by atoms with van der Waals surface area (Å²) in [5.41, 5.74) is 6.71. The number of unbranched alkanes of at least 4 members (excludes halogenated alkanes) is 1.